The smallest absolute Gasteiger partial charge is 0.464 e. The molecule has 0 fully saturated rings. The molecule has 2 heterocycles. The first kappa shape index (κ1) is 16.3. The van der Waals surface area contributed by atoms with Crippen molar-refractivity contribution >= 4 is 17.6 Å². The number of ether oxygens (including phenoxy) is 3. The number of benzene rings is 1. The van der Waals surface area contributed by atoms with Crippen LogP contribution in [-0.4, -0.2) is 24.4 Å². The van der Waals surface area contributed by atoms with E-state index in [1.165, 1.54) is 0 Å². The number of esters is 1. The van der Waals surface area contributed by atoms with Crippen LogP contribution in [0, 0.1) is 11.6 Å². The molecule has 0 saturated carbocycles. The van der Waals surface area contributed by atoms with Crippen LogP contribution in [0.2, 0.25) is 5.02 Å². The number of fused-ring (bicyclic) bond motifs is 1. The van der Waals surface area contributed by atoms with Crippen molar-refractivity contribution in [1.82, 2.24) is 4.98 Å². The molecule has 0 bridgehead atoms. The summed E-state index contributed by atoms with van der Waals surface area (Å²) >= 11 is 5.71. The molecule has 0 aliphatic carbocycles. The highest BCUT2D eigenvalue weighted by molar-refractivity contribution is 6.33. The molecule has 0 atom stereocenters. The van der Waals surface area contributed by atoms with E-state index in [-0.39, 0.29) is 10.6 Å². The molecule has 0 saturated heterocycles. The van der Waals surface area contributed by atoms with Crippen LogP contribution >= 0.6 is 11.6 Å². The standard InChI is InChI=1S/C14H6ClF4NO4/c1-22-13(21)10-6(15)4-8(17)9(20-10)5-2-3-7(16)12-11(5)23-14(18,19)24-12/h2-4H,1H3. The van der Waals surface area contributed by atoms with Gasteiger partial charge in [0.1, 0.15) is 5.69 Å². The lowest BCUT2D eigenvalue weighted by Gasteiger charge is -2.10. The average molecular weight is 364 g/mol. The summed E-state index contributed by atoms with van der Waals surface area (Å²) in [5.74, 6) is -4.78. The quantitative estimate of drug-likeness (QED) is 0.600. The predicted octanol–water partition coefficient (Wildman–Crippen LogP) is 3.79. The van der Waals surface area contributed by atoms with Gasteiger partial charge in [-0.25, -0.2) is 18.6 Å². The fourth-order valence-electron chi connectivity index (χ4n) is 2.08. The van der Waals surface area contributed by atoms with Gasteiger partial charge in [0.05, 0.1) is 12.1 Å². The Morgan fingerprint density at radius 2 is 1.88 bits per heavy atom. The molecule has 0 amide bonds. The minimum absolute atomic E-state index is 0.343. The van der Waals surface area contributed by atoms with Crippen LogP contribution in [0.4, 0.5) is 17.6 Å². The minimum Gasteiger partial charge on any atom is -0.464 e. The number of hydrogen-bond donors (Lipinski definition) is 0. The number of carbonyl (C=O) groups excluding carboxylic acids is 1. The number of alkyl halides is 2. The van der Waals surface area contributed by atoms with Crippen molar-refractivity contribution in [3.63, 3.8) is 0 Å². The van der Waals surface area contributed by atoms with Gasteiger partial charge >= 0.3 is 12.3 Å². The first-order chi connectivity index (χ1) is 11.2. The van der Waals surface area contributed by atoms with E-state index in [9.17, 15) is 22.4 Å². The summed E-state index contributed by atoms with van der Waals surface area (Å²) in [7, 11) is 1.05. The fraction of sp³-hybridized carbons (Fsp3) is 0.143. The van der Waals surface area contributed by atoms with E-state index in [2.05, 4.69) is 19.2 Å². The Labute approximate surface area is 136 Å². The van der Waals surface area contributed by atoms with Crippen LogP contribution in [0.15, 0.2) is 18.2 Å². The SMILES string of the molecule is COC(=O)c1nc(-c2ccc(F)c3c2OC(F)(F)O3)c(F)cc1Cl. The van der Waals surface area contributed by atoms with Crippen molar-refractivity contribution in [3.8, 4) is 22.8 Å². The number of pyridine rings is 1. The molecule has 0 radical (unpaired) electrons. The van der Waals surface area contributed by atoms with Crippen LogP contribution in [-0.2, 0) is 4.74 Å². The number of nitrogens with zero attached hydrogens (tertiary/aromatic N) is 1. The van der Waals surface area contributed by atoms with E-state index in [4.69, 9.17) is 11.6 Å². The lowest BCUT2D eigenvalue weighted by molar-refractivity contribution is -0.287. The Bertz CT molecular complexity index is 859. The molecular formula is C14H6ClF4NO4. The van der Waals surface area contributed by atoms with Gasteiger partial charge < -0.3 is 14.2 Å². The van der Waals surface area contributed by atoms with E-state index in [1.54, 1.807) is 0 Å². The predicted molar refractivity (Wildman–Crippen MR) is 72.1 cm³/mol. The zero-order chi connectivity index (χ0) is 17.6. The van der Waals surface area contributed by atoms with Crippen molar-refractivity contribution in [1.29, 1.82) is 0 Å². The molecule has 0 unspecified atom stereocenters. The third-order valence-corrected chi connectivity index (χ3v) is 3.36. The number of methoxy groups -OCH3 is 1. The van der Waals surface area contributed by atoms with Crippen molar-refractivity contribution in [3.05, 3.63) is 40.6 Å². The summed E-state index contributed by atoms with van der Waals surface area (Å²) in [6.45, 7) is 0. The summed E-state index contributed by atoms with van der Waals surface area (Å²) in [4.78, 5) is 15.3. The minimum atomic E-state index is -4.12. The Balaban J connectivity index is 2.22. The van der Waals surface area contributed by atoms with Crippen molar-refractivity contribution in [2.24, 2.45) is 0 Å². The Hall–Kier alpha value is -2.55. The molecule has 2 aromatic rings. The van der Waals surface area contributed by atoms with Gasteiger partial charge in [-0.1, -0.05) is 11.6 Å². The van der Waals surface area contributed by atoms with Gasteiger partial charge in [-0.3, -0.25) is 0 Å². The molecule has 5 nitrogen and oxygen atoms in total. The second kappa shape index (κ2) is 5.52. The second-order valence-electron chi connectivity index (χ2n) is 4.56. The zero-order valence-corrected chi connectivity index (χ0v) is 12.5. The zero-order valence-electron chi connectivity index (χ0n) is 11.7. The van der Waals surface area contributed by atoms with Gasteiger partial charge in [0.25, 0.3) is 0 Å². The molecule has 1 aliphatic rings. The average Bonchev–Trinajstić information content (AvgIpc) is 2.84. The summed E-state index contributed by atoms with van der Waals surface area (Å²) in [5.41, 5.74) is -1.35. The number of hydrogen-bond acceptors (Lipinski definition) is 5. The maximum absolute atomic E-state index is 14.2. The number of halogens is 5. The van der Waals surface area contributed by atoms with Crippen LogP contribution in [0.3, 0.4) is 0 Å². The molecule has 10 heteroatoms. The van der Waals surface area contributed by atoms with E-state index in [1.807, 2.05) is 0 Å². The van der Waals surface area contributed by atoms with Crippen molar-refractivity contribution < 1.29 is 36.6 Å². The molecule has 0 N–H and O–H groups in total. The first-order valence-corrected chi connectivity index (χ1v) is 6.64. The summed E-state index contributed by atoms with van der Waals surface area (Å²) < 4.78 is 66.9. The van der Waals surface area contributed by atoms with Crippen LogP contribution < -0.4 is 9.47 Å². The number of rotatable bonds is 2. The van der Waals surface area contributed by atoms with E-state index >= 15 is 0 Å². The fourth-order valence-corrected chi connectivity index (χ4v) is 2.29. The third-order valence-electron chi connectivity index (χ3n) is 3.07. The Morgan fingerprint density at radius 1 is 1.21 bits per heavy atom. The Morgan fingerprint density at radius 3 is 2.54 bits per heavy atom. The highest BCUT2D eigenvalue weighted by Crippen LogP contribution is 2.48. The summed E-state index contributed by atoms with van der Waals surface area (Å²) in [6, 6.07) is 2.48. The molecule has 126 valence electrons. The van der Waals surface area contributed by atoms with E-state index in [0.29, 0.717) is 0 Å². The van der Waals surface area contributed by atoms with E-state index < -0.39 is 46.8 Å². The molecule has 0 spiro atoms. The monoisotopic (exact) mass is 363 g/mol. The Kier molecular flexibility index (Phi) is 3.75. The third kappa shape index (κ3) is 2.60. The van der Waals surface area contributed by atoms with Gasteiger partial charge in [0, 0.05) is 5.56 Å². The molecule has 24 heavy (non-hydrogen) atoms. The second-order valence-corrected chi connectivity index (χ2v) is 4.97. The maximum atomic E-state index is 14.2. The van der Waals surface area contributed by atoms with Crippen molar-refractivity contribution in [2.45, 2.75) is 6.29 Å². The van der Waals surface area contributed by atoms with Gasteiger partial charge in [-0.05, 0) is 18.2 Å². The van der Waals surface area contributed by atoms with Crippen molar-refractivity contribution in [2.75, 3.05) is 7.11 Å². The molecule has 3 rings (SSSR count). The lowest BCUT2D eigenvalue weighted by Crippen LogP contribution is -2.26. The molecule has 1 aromatic heterocycles. The largest absolute Gasteiger partial charge is 0.586 e. The lowest BCUT2D eigenvalue weighted by atomic mass is 10.1. The highest BCUT2D eigenvalue weighted by Gasteiger charge is 2.46. The number of aromatic nitrogens is 1. The van der Waals surface area contributed by atoms with Crippen LogP contribution in [0.25, 0.3) is 11.3 Å². The van der Waals surface area contributed by atoms with Gasteiger partial charge in [0.15, 0.2) is 23.1 Å². The molecule has 1 aliphatic heterocycles. The first-order valence-electron chi connectivity index (χ1n) is 6.26. The molecular weight excluding hydrogens is 358 g/mol. The summed E-state index contributed by atoms with van der Waals surface area (Å²) in [6.07, 6.45) is -4.12. The topological polar surface area (TPSA) is 57.7 Å². The molecule has 1 aromatic carbocycles. The summed E-state index contributed by atoms with van der Waals surface area (Å²) in [5, 5.41) is -0.343. The van der Waals surface area contributed by atoms with E-state index in [0.717, 1.165) is 25.3 Å². The maximum Gasteiger partial charge on any atom is 0.586 e. The number of carbonyl (C=O) groups is 1. The highest BCUT2D eigenvalue weighted by atomic mass is 35.5. The van der Waals surface area contributed by atoms with Gasteiger partial charge in [-0.15, -0.1) is 8.78 Å². The van der Waals surface area contributed by atoms with Gasteiger partial charge in [0.2, 0.25) is 5.75 Å². The van der Waals surface area contributed by atoms with Gasteiger partial charge in [-0.2, -0.15) is 0 Å². The van der Waals surface area contributed by atoms with Crippen LogP contribution in [0.5, 0.6) is 11.5 Å². The normalized spacial score (nSPS) is 14.6. The van der Waals surface area contributed by atoms with Crippen LogP contribution in [0.1, 0.15) is 10.5 Å².